The molecule has 2 aromatic carbocycles. The maximum atomic E-state index is 12.4. The first-order valence-electron chi connectivity index (χ1n) is 13.6. The highest BCUT2D eigenvalue weighted by Crippen LogP contribution is 2.51. The van der Waals surface area contributed by atoms with Gasteiger partial charge in [0.1, 0.15) is 18.6 Å². The van der Waals surface area contributed by atoms with Gasteiger partial charge in [0.25, 0.3) is 0 Å². The summed E-state index contributed by atoms with van der Waals surface area (Å²) < 4.78 is 18.4. The molecule has 37 heavy (non-hydrogen) atoms. The van der Waals surface area contributed by atoms with Crippen molar-refractivity contribution in [1.29, 1.82) is 0 Å². The second-order valence-electron chi connectivity index (χ2n) is 12.2. The molecule has 0 heterocycles. The van der Waals surface area contributed by atoms with Gasteiger partial charge in [-0.05, 0) is 84.3 Å². The number of esters is 1. The molecule has 1 fully saturated rings. The summed E-state index contributed by atoms with van der Waals surface area (Å²) in [6, 6.07) is 15.8. The number of ether oxygens (including phenoxy) is 2. The van der Waals surface area contributed by atoms with Crippen LogP contribution in [0.5, 0.6) is 5.75 Å². The van der Waals surface area contributed by atoms with Crippen LogP contribution in [-0.4, -0.2) is 33.3 Å². The lowest BCUT2D eigenvalue weighted by Crippen LogP contribution is -2.45. The van der Waals surface area contributed by atoms with E-state index in [-0.39, 0.29) is 30.3 Å². The Morgan fingerprint density at radius 1 is 1.05 bits per heavy atom. The summed E-state index contributed by atoms with van der Waals surface area (Å²) in [4.78, 5) is 23.6. The molecule has 2 aromatic rings. The molecule has 4 rings (SSSR count). The van der Waals surface area contributed by atoms with Gasteiger partial charge in [0.2, 0.25) is 0 Å². The first-order valence-corrected chi connectivity index (χ1v) is 16.5. The Hall–Kier alpha value is -2.44. The third kappa shape index (κ3) is 6.53. The average molecular weight is 523 g/mol. The molecule has 6 heteroatoms. The molecule has 4 atom stereocenters. The Morgan fingerprint density at radius 2 is 1.81 bits per heavy atom. The fourth-order valence-corrected chi connectivity index (χ4v) is 7.16. The number of benzene rings is 2. The molecular formula is C31H42O5Si. The normalized spacial score (nSPS) is 23.2. The van der Waals surface area contributed by atoms with E-state index in [1.807, 2.05) is 42.5 Å². The molecule has 0 amide bonds. The van der Waals surface area contributed by atoms with Crippen molar-refractivity contribution in [2.45, 2.75) is 83.7 Å². The van der Waals surface area contributed by atoms with E-state index in [2.05, 4.69) is 39.9 Å². The van der Waals surface area contributed by atoms with Crippen molar-refractivity contribution in [2.75, 3.05) is 6.61 Å². The molecule has 0 aromatic heterocycles. The standard InChI is InChI=1S/C31H42O5Si/c1-31(2,3)37(4,5)36-29-19-24-18-27-23(17-26(24)25(29)14-10-16-32)13-9-15-28(27)34-21-30(33)35-20-22-11-7-6-8-12-22/h6-9,11-13,15-16,24-26,29H,10,14,17-21H2,1-5H3/t24-,25+,26-,29+/m0/s1. The maximum Gasteiger partial charge on any atom is 0.344 e. The summed E-state index contributed by atoms with van der Waals surface area (Å²) in [5.74, 6) is 1.82. The fourth-order valence-electron chi connectivity index (χ4n) is 5.78. The summed E-state index contributed by atoms with van der Waals surface area (Å²) in [5.41, 5.74) is 3.46. The highest BCUT2D eigenvalue weighted by molar-refractivity contribution is 6.74. The zero-order valence-electron chi connectivity index (χ0n) is 23.0. The van der Waals surface area contributed by atoms with Crippen LogP contribution in [-0.2, 0) is 38.2 Å². The van der Waals surface area contributed by atoms with Crippen molar-refractivity contribution in [3.05, 3.63) is 65.2 Å². The summed E-state index contributed by atoms with van der Waals surface area (Å²) >= 11 is 0. The predicted molar refractivity (Wildman–Crippen MR) is 148 cm³/mol. The number of hydrogen-bond acceptors (Lipinski definition) is 5. The Kier molecular flexibility index (Phi) is 8.59. The van der Waals surface area contributed by atoms with Gasteiger partial charge in [-0.1, -0.05) is 63.2 Å². The Balaban J connectivity index is 1.44. The highest BCUT2D eigenvalue weighted by atomic mass is 28.4. The molecule has 0 radical (unpaired) electrons. The minimum Gasteiger partial charge on any atom is -0.482 e. The van der Waals surface area contributed by atoms with E-state index < -0.39 is 8.32 Å². The van der Waals surface area contributed by atoms with Crippen molar-refractivity contribution in [2.24, 2.45) is 17.8 Å². The molecular weight excluding hydrogens is 480 g/mol. The molecule has 5 nitrogen and oxygen atoms in total. The Bertz CT molecular complexity index is 1070. The van der Waals surface area contributed by atoms with Crippen molar-refractivity contribution in [3.63, 3.8) is 0 Å². The largest absolute Gasteiger partial charge is 0.482 e. The van der Waals surface area contributed by atoms with Gasteiger partial charge in [0, 0.05) is 12.5 Å². The zero-order valence-corrected chi connectivity index (χ0v) is 24.0. The lowest BCUT2D eigenvalue weighted by atomic mass is 9.73. The minimum atomic E-state index is -1.93. The second-order valence-corrected chi connectivity index (χ2v) is 17.0. The van der Waals surface area contributed by atoms with Crippen molar-refractivity contribution < 1.29 is 23.5 Å². The number of carbonyl (C=O) groups excluding carboxylic acids is 2. The smallest absolute Gasteiger partial charge is 0.344 e. The summed E-state index contributed by atoms with van der Waals surface area (Å²) in [6.07, 6.45) is 5.64. The molecule has 0 spiro atoms. The number of rotatable bonds is 10. The van der Waals surface area contributed by atoms with Crippen LogP contribution in [0.4, 0.5) is 0 Å². The topological polar surface area (TPSA) is 61.8 Å². The quantitative estimate of drug-likeness (QED) is 0.202. The first-order chi connectivity index (χ1) is 17.6. The van der Waals surface area contributed by atoms with Gasteiger partial charge >= 0.3 is 5.97 Å². The molecule has 0 unspecified atom stereocenters. The van der Waals surface area contributed by atoms with Crippen LogP contribution in [0.25, 0.3) is 0 Å². The molecule has 0 bridgehead atoms. The van der Waals surface area contributed by atoms with Crippen LogP contribution in [0.3, 0.4) is 0 Å². The summed E-state index contributed by atoms with van der Waals surface area (Å²) in [7, 11) is -1.93. The minimum absolute atomic E-state index is 0.101. The molecule has 0 saturated heterocycles. The molecule has 1 saturated carbocycles. The van der Waals surface area contributed by atoms with E-state index in [1.54, 1.807) is 0 Å². The predicted octanol–water partition coefficient (Wildman–Crippen LogP) is 6.53. The molecule has 2 aliphatic carbocycles. The fraction of sp³-hybridized carbons (Fsp3) is 0.548. The zero-order chi connectivity index (χ0) is 26.6. The SMILES string of the molecule is CC(C)(C)[Si](C)(C)O[C@@H]1C[C@@H]2Cc3c(cccc3OCC(=O)OCc3ccccc3)C[C@@H]2[C@H]1CCC=O. The Labute approximate surface area is 223 Å². The van der Waals surface area contributed by atoms with E-state index in [1.165, 1.54) is 11.1 Å². The monoisotopic (exact) mass is 522 g/mol. The van der Waals surface area contributed by atoms with Gasteiger partial charge in [0.15, 0.2) is 14.9 Å². The summed E-state index contributed by atoms with van der Waals surface area (Å²) in [5, 5.41) is 0.148. The first kappa shape index (κ1) is 27.6. The Morgan fingerprint density at radius 3 is 2.51 bits per heavy atom. The van der Waals surface area contributed by atoms with Crippen LogP contribution >= 0.6 is 0 Å². The highest BCUT2D eigenvalue weighted by Gasteiger charge is 2.49. The average Bonchev–Trinajstić information content (AvgIpc) is 3.18. The number of carbonyl (C=O) groups is 2. The van der Waals surface area contributed by atoms with E-state index in [0.717, 1.165) is 43.3 Å². The van der Waals surface area contributed by atoms with E-state index in [0.29, 0.717) is 24.2 Å². The third-order valence-electron chi connectivity index (χ3n) is 8.78. The van der Waals surface area contributed by atoms with Gasteiger partial charge in [-0.2, -0.15) is 0 Å². The van der Waals surface area contributed by atoms with E-state index in [9.17, 15) is 9.59 Å². The molecule has 2 aliphatic rings. The van der Waals surface area contributed by atoms with Crippen molar-refractivity contribution in [3.8, 4) is 5.75 Å². The number of hydrogen-bond donors (Lipinski definition) is 0. The van der Waals surface area contributed by atoms with Crippen LogP contribution in [0.2, 0.25) is 18.1 Å². The molecule has 200 valence electrons. The van der Waals surface area contributed by atoms with Gasteiger partial charge < -0.3 is 18.7 Å². The van der Waals surface area contributed by atoms with Gasteiger partial charge in [0.05, 0.1) is 0 Å². The summed E-state index contributed by atoms with van der Waals surface area (Å²) in [6.45, 7) is 11.6. The third-order valence-corrected chi connectivity index (χ3v) is 13.3. The van der Waals surface area contributed by atoms with Crippen LogP contribution in [0.1, 0.15) is 56.7 Å². The molecule has 0 N–H and O–H groups in total. The second kappa shape index (κ2) is 11.5. The maximum absolute atomic E-state index is 12.4. The van der Waals surface area contributed by atoms with Crippen LogP contribution in [0, 0.1) is 17.8 Å². The van der Waals surface area contributed by atoms with Crippen molar-refractivity contribution >= 4 is 20.6 Å². The van der Waals surface area contributed by atoms with Crippen molar-refractivity contribution in [1.82, 2.24) is 0 Å². The number of aldehydes is 1. The molecule has 0 aliphatic heterocycles. The van der Waals surface area contributed by atoms with Gasteiger partial charge in [-0.25, -0.2) is 4.79 Å². The van der Waals surface area contributed by atoms with Crippen LogP contribution < -0.4 is 4.74 Å². The number of fused-ring (bicyclic) bond motifs is 2. The van der Waals surface area contributed by atoms with Gasteiger partial charge in [-0.3, -0.25) is 0 Å². The van der Waals surface area contributed by atoms with E-state index in [4.69, 9.17) is 13.9 Å². The van der Waals surface area contributed by atoms with E-state index >= 15 is 0 Å². The van der Waals surface area contributed by atoms with Gasteiger partial charge in [-0.15, -0.1) is 0 Å². The lowest BCUT2D eigenvalue weighted by Gasteiger charge is -2.40. The lowest BCUT2D eigenvalue weighted by molar-refractivity contribution is -0.147. The van der Waals surface area contributed by atoms with Crippen LogP contribution in [0.15, 0.2) is 48.5 Å².